The zero-order valence-corrected chi connectivity index (χ0v) is 14.3. The number of nitrogens with zero attached hydrogens (tertiary/aromatic N) is 1. The van der Waals surface area contributed by atoms with Gasteiger partial charge in [-0.25, -0.2) is 8.42 Å². The van der Waals surface area contributed by atoms with Gasteiger partial charge in [0, 0.05) is 13.1 Å². The second-order valence-corrected chi connectivity index (χ2v) is 8.07. The molecule has 1 atom stereocenters. The van der Waals surface area contributed by atoms with Crippen LogP contribution in [-0.2, 0) is 10.0 Å². The first-order valence-electron chi connectivity index (χ1n) is 7.11. The van der Waals surface area contributed by atoms with Crippen LogP contribution in [0.1, 0.15) is 32.6 Å². The highest BCUT2D eigenvalue weighted by molar-refractivity contribution is 7.89. The molecular weight excluding hydrogens is 331 g/mol. The maximum absolute atomic E-state index is 12.8. The van der Waals surface area contributed by atoms with Gasteiger partial charge in [-0.05, 0) is 37.3 Å². The van der Waals surface area contributed by atoms with Crippen LogP contribution in [0.3, 0.4) is 0 Å². The molecule has 0 aromatic heterocycles. The fourth-order valence-corrected chi connectivity index (χ4v) is 4.91. The lowest BCUT2D eigenvalue weighted by atomic mass is 9.98. The molecule has 1 unspecified atom stereocenters. The standard InChI is InChI=1S/C14H20Cl2N2O2S/c1-2-10-4-3-8-18(9-7-10)21(19,20)12-6-5-11(15)14(17)13(12)16/h5-6,10H,2-4,7-9,17H2,1H3. The molecule has 2 rings (SSSR count). The Labute approximate surface area is 136 Å². The van der Waals surface area contributed by atoms with Gasteiger partial charge in [0.2, 0.25) is 10.0 Å². The Hall–Kier alpha value is -0.490. The summed E-state index contributed by atoms with van der Waals surface area (Å²) in [7, 11) is -3.62. The van der Waals surface area contributed by atoms with Crippen molar-refractivity contribution in [2.24, 2.45) is 5.92 Å². The molecule has 0 bridgehead atoms. The van der Waals surface area contributed by atoms with Gasteiger partial charge in [-0.1, -0.05) is 36.5 Å². The third kappa shape index (κ3) is 3.47. The Balaban J connectivity index is 2.32. The Morgan fingerprint density at radius 3 is 2.67 bits per heavy atom. The molecule has 0 saturated carbocycles. The molecule has 1 saturated heterocycles. The Morgan fingerprint density at radius 1 is 1.29 bits per heavy atom. The Bertz CT molecular complexity index is 620. The number of nitrogen functional groups attached to an aromatic ring is 1. The molecule has 0 radical (unpaired) electrons. The van der Waals surface area contributed by atoms with Crippen LogP contribution < -0.4 is 5.73 Å². The summed E-state index contributed by atoms with van der Waals surface area (Å²) in [4.78, 5) is 0.0426. The molecule has 0 spiro atoms. The predicted octanol–water partition coefficient (Wildman–Crippen LogP) is 3.78. The smallest absolute Gasteiger partial charge is 0.244 e. The molecule has 0 amide bonds. The lowest BCUT2D eigenvalue weighted by Crippen LogP contribution is -2.32. The van der Waals surface area contributed by atoms with Crippen LogP contribution in [0.2, 0.25) is 10.0 Å². The molecule has 2 N–H and O–H groups in total. The molecule has 0 aliphatic carbocycles. The quantitative estimate of drug-likeness (QED) is 0.843. The minimum absolute atomic E-state index is 0.0128. The second kappa shape index (κ2) is 6.73. The average molecular weight is 351 g/mol. The second-order valence-electron chi connectivity index (χ2n) is 5.38. The highest BCUT2D eigenvalue weighted by Gasteiger charge is 2.29. The van der Waals surface area contributed by atoms with Crippen LogP contribution in [0.5, 0.6) is 0 Å². The van der Waals surface area contributed by atoms with Crippen LogP contribution in [0.4, 0.5) is 5.69 Å². The normalized spacial score (nSPS) is 21.2. The van der Waals surface area contributed by atoms with Gasteiger partial charge in [0.15, 0.2) is 0 Å². The molecule has 1 heterocycles. The minimum atomic E-state index is -3.62. The van der Waals surface area contributed by atoms with Crippen molar-refractivity contribution in [3.8, 4) is 0 Å². The topological polar surface area (TPSA) is 63.4 Å². The molecule has 1 aromatic rings. The summed E-state index contributed by atoms with van der Waals surface area (Å²) in [6, 6.07) is 2.90. The van der Waals surface area contributed by atoms with E-state index in [4.69, 9.17) is 28.9 Å². The molecule has 1 aliphatic heterocycles. The van der Waals surface area contributed by atoms with E-state index < -0.39 is 10.0 Å². The van der Waals surface area contributed by atoms with E-state index in [1.165, 1.54) is 16.4 Å². The van der Waals surface area contributed by atoms with Crippen LogP contribution in [0.25, 0.3) is 0 Å². The highest BCUT2D eigenvalue weighted by Crippen LogP contribution is 2.35. The molecule has 1 aliphatic rings. The highest BCUT2D eigenvalue weighted by atomic mass is 35.5. The summed E-state index contributed by atoms with van der Waals surface area (Å²) in [5, 5.41) is 0.277. The summed E-state index contributed by atoms with van der Waals surface area (Å²) in [5.74, 6) is 0.593. The van der Waals surface area contributed by atoms with Gasteiger partial charge < -0.3 is 5.73 Å². The van der Waals surface area contributed by atoms with Gasteiger partial charge in [-0.3, -0.25) is 0 Å². The number of sulfonamides is 1. The van der Waals surface area contributed by atoms with E-state index in [1.807, 2.05) is 0 Å². The zero-order valence-electron chi connectivity index (χ0n) is 12.0. The van der Waals surface area contributed by atoms with E-state index in [2.05, 4.69) is 6.92 Å². The van der Waals surface area contributed by atoms with Crippen molar-refractivity contribution >= 4 is 38.9 Å². The van der Waals surface area contributed by atoms with Crippen LogP contribution in [-0.4, -0.2) is 25.8 Å². The summed E-state index contributed by atoms with van der Waals surface area (Å²) in [5.41, 5.74) is 5.85. The van der Waals surface area contributed by atoms with E-state index in [9.17, 15) is 8.42 Å². The van der Waals surface area contributed by atoms with Crippen molar-refractivity contribution < 1.29 is 8.42 Å². The molecular formula is C14H20Cl2N2O2S. The number of rotatable bonds is 3. The average Bonchev–Trinajstić information content (AvgIpc) is 2.70. The van der Waals surface area contributed by atoms with Gasteiger partial charge in [-0.2, -0.15) is 4.31 Å². The van der Waals surface area contributed by atoms with Gasteiger partial charge in [0.25, 0.3) is 0 Å². The maximum atomic E-state index is 12.8. The van der Waals surface area contributed by atoms with Crippen molar-refractivity contribution in [2.75, 3.05) is 18.8 Å². The van der Waals surface area contributed by atoms with Crippen molar-refractivity contribution in [2.45, 2.75) is 37.5 Å². The number of halogens is 2. The van der Waals surface area contributed by atoms with Crippen LogP contribution in [0.15, 0.2) is 17.0 Å². The third-order valence-corrected chi connectivity index (χ3v) is 6.88. The molecule has 4 nitrogen and oxygen atoms in total. The summed E-state index contributed by atoms with van der Waals surface area (Å²) >= 11 is 12.0. The van der Waals surface area contributed by atoms with E-state index in [1.54, 1.807) is 0 Å². The van der Waals surface area contributed by atoms with E-state index in [0.717, 1.165) is 25.7 Å². The maximum Gasteiger partial charge on any atom is 0.244 e. The van der Waals surface area contributed by atoms with Gasteiger partial charge in [-0.15, -0.1) is 0 Å². The summed E-state index contributed by atoms with van der Waals surface area (Å²) < 4.78 is 27.0. The number of hydrogen-bond donors (Lipinski definition) is 1. The number of nitrogens with two attached hydrogens (primary N) is 1. The zero-order chi connectivity index (χ0) is 15.6. The van der Waals surface area contributed by atoms with Gasteiger partial charge in [0.05, 0.1) is 15.7 Å². The first kappa shape index (κ1) is 16.9. The molecule has 1 aromatic carbocycles. The van der Waals surface area contributed by atoms with Crippen LogP contribution in [0, 0.1) is 5.92 Å². The predicted molar refractivity (Wildman–Crippen MR) is 87.3 cm³/mol. The van der Waals surface area contributed by atoms with Crippen LogP contribution >= 0.6 is 23.2 Å². The van der Waals surface area contributed by atoms with E-state index >= 15 is 0 Å². The summed E-state index contributed by atoms with van der Waals surface area (Å²) in [6.07, 6.45) is 3.91. The molecule has 21 heavy (non-hydrogen) atoms. The largest absolute Gasteiger partial charge is 0.396 e. The van der Waals surface area contributed by atoms with Crippen molar-refractivity contribution in [1.29, 1.82) is 0 Å². The Kier molecular flexibility index (Phi) is 5.41. The van der Waals surface area contributed by atoms with E-state index in [-0.39, 0.29) is 20.6 Å². The fraction of sp³-hybridized carbons (Fsp3) is 0.571. The number of anilines is 1. The number of hydrogen-bond acceptors (Lipinski definition) is 3. The van der Waals surface area contributed by atoms with Gasteiger partial charge >= 0.3 is 0 Å². The Morgan fingerprint density at radius 2 is 2.00 bits per heavy atom. The fourth-order valence-electron chi connectivity index (χ4n) is 2.68. The van der Waals surface area contributed by atoms with Crippen molar-refractivity contribution in [3.63, 3.8) is 0 Å². The lowest BCUT2D eigenvalue weighted by molar-refractivity contribution is 0.407. The van der Waals surface area contributed by atoms with Crippen molar-refractivity contribution in [3.05, 3.63) is 22.2 Å². The molecule has 7 heteroatoms. The first-order chi connectivity index (χ1) is 9.87. The first-order valence-corrected chi connectivity index (χ1v) is 9.31. The van der Waals surface area contributed by atoms with Crippen molar-refractivity contribution in [1.82, 2.24) is 4.31 Å². The monoisotopic (exact) mass is 350 g/mol. The molecule has 118 valence electrons. The lowest BCUT2D eigenvalue weighted by Gasteiger charge is -2.21. The molecule has 1 fully saturated rings. The van der Waals surface area contributed by atoms with Gasteiger partial charge in [0.1, 0.15) is 4.90 Å². The van der Waals surface area contributed by atoms with E-state index in [0.29, 0.717) is 19.0 Å². The number of benzene rings is 1. The minimum Gasteiger partial charge on any atom is -0.396 e. The third-order valence-electron chi connectivity index (χ3n) is 4.09. The SMILES string of the molecule is CCC1CCCN(S(=O)(=O)c2ccc(Cl)c(N)c2Cl)CC1. The summed E-state index contributed by atoms with van der Waals surface area (Å²) in [6.45, 7) is 3.20.